The summed E-state index contributed by atoms with van der Waals surface area (Å²) in [5, 5.41) is 0. The van der Waals surface area contributed by atoms with Crippen LogP contribution in [0.1, 0.15) is 30.4 Å². The molecule has 2 aromatic carbocycles. The molecule has 0 radical (unpaired) electrons. The highest BCUT2D eigenvalue weighted by molar-refractivity contribution is 5.53. The number of hydrogen-bond acceptors (Lipinski definition) is 4. The van der Waals surface area contributed by atoms with Crippen LogP contribution in [0.5, 0.6) is 23.0 Å². The second-order valence-electron chi connectivity index (χ2n) is 6.08. The van der Waals surface area contributed by atoms with E-state index in [1.807, 2.05) is 12.1 Å². The van der Waals surface area contributed by atoms with Gasteiger partial charge in [0.25, 0.3) is 0 Å². The fourth-order valence-corrected chi connectivity index (χ4v) is 3.54. The zero-order chi connectivity index (χ0) is 17.2. The first-order valence-corrected chi connectivity index (χ1v) is 8.13. The van der Waals surface area contributed by atoms with E-state index in [9.17, 15) is 0 Å². The van der Waals surface area contributed by atoms with Crippen molar-refractivity contribution in [2.24, 2.45) is 0 Å². The van der Waals surface area contributed by atoms with E-state index in [4.69, 9.17) is 18.9 Å². The van der Waals surface area contributed by atoms with Crippen LogP contribution < -0.4 is 18.9 Å². The van der Waals surface area contributed by atoms with Gasteiger partial charge in [0.05, 0.1) is 28.4 Å². The molecule has 0 atom stereocenters. The average molecular weight is 328 g/mol. The Bertz CT molecular complexity index is 662. The Kier molecular flexibility index (Phi) is 4.56. The highest BCUT2D eigenvalue weighted by atomic mass is 16.5. The molecule has 0 aromatic heterocycles. The Morgan fingerprint density at radius 3 is 1.33 bits per heavy atom. The molecule has 1 fully saturated rings. The summed E-state index contributed by atoms with van der Waals surface area (Å²) < 4.78 is 21.7. The van der Waals surface area contributed by atoms with E-state index >= 15 is 0 Å². The van der Waals surface area contributed by atoms with Gasteiger partial charge in [0, 0.05) is 5.41 Å². The van der Waals surface area contributed by atoms with Gasteiger partial charge >= 0.3 is 0 Å². The topological polar surface area (TPSA) is 36.9 Å². The summed E-state index contributed by atoms with van der Waals surface area (Å²) in [6, 6.07) is 12.4. The third-order valence-corrected chi connectivity index (χ3v) is 5.08. The maximum Gasteiger partial charge on any atom is 0.161 e. The maximum absolute atomic E-state index is 5.49. The van der Waals surface area contributed by atoms with Crippen LogP contribution >= 0.6 is 0 Å². The van der Waals surface area contributed by atoms with Crippen molar-refractivity contribution in [1.29, 1.82) is 0 Å². The SMILES string of the molecule is COc1ccc(C2(c3ccc(OC)c(OC)c3)CCC2)cc1OC. The lowest BCUT2D eigenvalue weighted by molar-refractivity contribution is 0.295. The quantitative estimate of drug-likeness (QED) is 0.797. The van der Waals surface area contributed by atoms with E-state index in [0.29, 0.717) is 0 Å². The molecule has 0 amide bonds. The summed E-state index contributed by atoms with van der Waals surface area (Å²) >= 11 is 0. The van der Waals surface area contributed by atoms with Crippen LogP contribution in [-0.2, 0) is 5.41 Å². The van der Waals surface area contributed by atoms with Crippen molar-refractivity contribution >= 4 is 0 Å². The number of methoxy groups -OCH3 is 4. The largest absolute Gasteiger partial charge is 0.493 e. The molecule has 0 N–H and O–H groups in total. The highest BCUT2D eigenvalue weighted by Gasteiger charge is 2.41. The summed E-state index contributed by atoms with van der Waals surface area (Å²) in [5.74, 6) is 3.04. The number of ether oxygens (including phenoxy) is 4. The second-order valence-corrected chi connectivity index (χ2v) is 6.08. The lowest BCUT2D eigenvalue weighted by Gasteiger charge is -2.43. The molecule has 0 bridgehead atoms. The molecule has 0 spiro atoms. The van der Waals surface area contributed by atoms with Gasteiger partial charge in [-0.15, -0.1) is 0 Å². The van der Waals surface area contributed by atoms with Crippen molar-refractivity contribution in [3.05, 3.63) is 47.5 Å². The Morgan fingerprint density at radius 1 is 0.625 bits per heavy atom. The van der Waals surface area contributed by atoms with Gasteiger partial charge < -0.3 is 18.9 Å². The van der Waals surface area contributed by atoms with Gasteiger partial charge in [0.2, 0.25) is 0 Å². The van der Waals surface area contributed by atoms with Gasteiger partial charge in [-0.05, 0) is 48.2 Å². The van der Waals surface area contributed by atoms with Crippen molar-refractivity contribution in [3.8, 4) is 23.0 Å². The maximum atomic E-state index is 5.49. The van der Waals surface area contributed by atoms with Crippen LogP contribution in [0, 0.1) is 0 Å². The second kappa shape index (κ2) is 6.63. The first-order valence-electron chi connectivity index (χ1n) is 8.13. The minimum Gasteiger partial charge on any atom is -0.493 e. The van der Waals surface area contributed by atoms with Crippen LogP contribution in [0.25, 0.3) is 0 Å². The molecule has 2 aromatic rings. The molecule has 128 valence electrons. The van der Waals surface area contributed by atoms with Crippen LogP contribution in [0.3, 0.4) is 0 Å². The Hall–Kier alpha value is -2.36. The Morgan fingerprint density at radius 2 is 1.04 bits per heavy atom. The van der Waals surface area contributed by atoms with Crippen molar-refractivity contribution in [2.45, 2.75) is 24.7 Å². The summed E-state index contributed by atoms with van der Waals surface area (Å²) in [6.45, 7) is 0. The van der Waals surface area contributed by atoms with E-state index in [2.05, 4.69) is 24.3 Å². The van der Waals surface area contributed by atoms with Crippen LogP contribution in [0.2, 0.25) is 0 Å². The number of hydrogen-bond donors (Lipinski definition) is 0. The fraction of sp³-hybridized carbons (Fsp3) is 0.400. The van der Waals surface area contributed by atoms with Crippen LogP contribution in [0.4, 0.5) is 0 Å². The summed E-state index contributed by atoms with van der Waals surface area (Å²) in [4.78, 5) is 0. The van der Waals surface area contributed by atoms with Crippen molar-refractivity contribution in [3.63, 3.8) is 0 Å². The van der Waals surface area contributed by atoms with Gasteiger partial charge in [-0.2, -0.15) is 0 Å². The van der Waals surface area contributed by atoms with Gasteiger partial charge in [-0.25, -0.2) is 0 Å². The zero-order valence-electron chi connectivity index (χ0n) is 14.7. The van der Waals surface area contributed by atoms with Gasteiger partial charge in [-0.3, -0.25) is 0 Å². The van der Waals surface area contributed by atoms with E-state index in [1.165, 1.54) is 17.5 Å². The molecule has 1 aliphatic rings. The van der Waals surface area contributed by atoms with Crippen LogP contribution in [0.15, 0.2) is 36.4 Å². The van der Waals surface area contributed by atoms with Gasteiger partial charge in [0.1, 0.15) is 0 Å². The van der Waals surface area contributed by atoms with Gasteiger partial charge in [0.15, 0.2) is 23.0 Å². The summed E-state index contributed by atoms with van der Waals surface area (Å²) in [7, 11) is 6.66. The van der Waals surface area contributed by atoms with Crippen molar-refractivity contribution < 1.29 is 18.9 Å². The monoisotopic (exact) mass is 328 g/mol. The summed E-state index contributed by atoms with van der Waals surface area (Å²) in [5.41, 5.74) is 2.50. The standard InChI is InChI=1S/C20H24O4/c1-21-16-8-6-14(12-18(16)23-3)20(10-5-11-20)15-7-9-17(22-2)19(13-15)24-4/h6-9,12-13H,5,10-11H2,1-4H3. The third kappa shape index (κ3) is 2.56. The number of rotatable bonds is 6. The predicted octanol–water partition coefficient (Wildman–Crippen LogP) is 4.19. The van der Waals surface area contributed by atoms with E-state index < -0.39 is 0 Å². The lowest BCUT2D eigenvalue weighted by atomic mass is 9.60. The minimum absolute atomic E-state index is 0.000890. The van der Waals surface area contributed by atoms with E-state index in [1.54, 1.807) is 28.4 Å². The highest BCUT2D eigenvalue weighted by Crippen LogP contribution is 2.51. The molecule has 24 heavy (non-hydrogen) atoms. The first-order chi connectivity index (χ1) is 11.7. The molecular formula is C20H24O4. The van der Waals surface area contributed by atoms with Gasteiger partial charge in [-0.1, -0.05) is 18.6 Å². The smallest absolute Gasteiger partial charge is 0.161 e. The molecule has 0 heterocycles. The predicted molar refractivity (Wildman–Crippen MR) is 93.7 cm³/mol. The third-order valence-electron chi connectivity index (χ3n) is 5.08. The molecule has 0 saturated heterocycles. The molecule has 1 aliphatic carbocycles. The molecule has 4 nitrogen and oxygen atoms in total. The zero-order valence-corrected chi connectivity index (χ0v) is 14.7. The molecular weight excluding hydrogens is 304 g/mol. The average Bonchev–Trinajstić information content (AvgIpc) is 2.60. The fourth-order valence-electron chi connectivity index (χ4n) is 3.54. The molecule has 3 rings (SSSR count). The molecule has 0 unspecified atom stereocenters. The van der Waals surface area contributed by atoms with Crippen molar-refractivity contribution in [1.82, 2.24) is 0 Å². The molecule has 4 heteroatoms. The lowest BCUT2D eigenvalue weighted by Crippen LogP contribution is -2.35. The summed E-state index contributed by atoms with van der Waals surface area (Å²) in [6.07, 6.45) is 3.43. The molecule has 0 aliphatic heterocycles. The molecule has 1 saturated carbocycles. The van der Waals surface area contributed by atoms with Crippen LogP contribution in [-0.4, -0.2) is 28.4 Å². The Balaban J connectivity index is 2.07. The first kappa shape index (κ1) is 16.5. The van der Waals surface area contributed by atoms with E-state index in [0.717, 1.165) is 35.8 Å². The van der Waals surface area contributed by atoms with E-state index in [-0.39, 0.29) is 5.41 Å². The minimum atomic E-state index is -0.000890. The number of benzene rings is 2. The Labute approximate surface area is 143 Å². The van der Waals surface area contributed by atoms with Crippen molar-refractivity contribution in [2.75, 3.05) is 28.4 Å². The normalized spacial score (nSPS) is 15.3.